The van der Waals surface area contributed by atoms with Crippen molar-refractivity contribution >= 4 is 23.8 Å². The molecule has 26 heavy (non-hydrogen) atoms. The second-order valence-electron chi connectivity index (χ2n) is 6.85. The molecule has 0 radical (unpaired) electrons. The van der Waals surface area contributed by atoms with Crippen LogP contribution in [0.4, 0.5) is 0 Å². The molecule has 1 aromatic carbocycles. The van der Waals surface area contributed by atoms with Crippen LogP contribution < -0.4 is 0 Å². The molecule has 0 bridgehead atoms. The molecule has 0 saturated heterocycles. The summed E-state index contributed by atoms with van der Waals surface area (Å²) >= 11 is 0. The number of rotatable bonds is 4. The summed E-state index contributed by atoms with van der Waals surface area (Å²) in [5, 5.41) is 0. The minimum Gasteiger partial charge on any atom is -0.466 e. The predicted octanol–water partition coefficient (Wildman–Crippen LogP) is 2.68. The standard InChI is InChI=1S/C20H22O6/c1-19(2,3)20(12-11-13-9-7-6-8-10-13)16(21)14(17(22)24-4)15(26-20)18(23)25-5/h6-12H,1-5H3/b12-11+/i26+2. The van der Waals surface area contributed by atoms with Crippen LogP contribution in [0, 0.1) is 5.41 Å². The molecule has 0 aliphatic carbocycles. The summed E-state index contributed by atoms with van der Waals surface area (Å²) in [7, 11) is 2.28. The van der Waals surface area contributed by atoms with Crippen molar-refractivity contribution in [2.45, 2.75) is 26.4 Å². The van der Waals surface area contributed by atoms with Gasteiger partial charge in [-0.3, -0.25) is 4.79 Å². The first-order valence-corrected chi connectivity index (χ1v) is 8.07. The summed E-state index contributed by atoms with van der Waals surface area (Å²) in [5.74, 6) is -2.91. The largest absolute Gasteiger partial charge is 0.466 e. The maximum Gasteiger partial charge on any atom is 0.374 e. The Kier molecular flexibility index (Phi) is 5.35. The van der Waals surface area contributed by atoms with Crippen molar-refractivity contribution in [3.8, 4) is 0 Å². The number of benzene rings is 1. The van der Waals surface area contributed by atoms with E-state index in [1.54, 1.807) is 32.9 Å². The van der Waals surface area contributed by atoms with Crippen LogP contribution in [0.25, 0.3) is 6.08 Å². The zero-order valence-corrected chi connectivity index (χ0v) is 15.5. The lowest BCUT2D eigenvalue weighted by Gasteiger charge is -2.37. The summed E-state index contributed by atoms with van der Waals surface area (Å²) in [6.07, 6.45) is 3.29. The van der Waals surface area contributed by atoms with Crippen LogP contribution in [-0.4, -0.2) is 37.5 Å². The third-order valence-electron chi connectivity index (χ3n) is 4.24. The molecule has 1 unspecified atom stereocenters. The summed E-state index contributed by atoms with van der Waals surface area (Å²) in [4.78, 5) is 37.4. The van der Waals surface area contributed by atoms with Gasteiger partial charge in [0.1, 0.15) is 0 Å². The molecule has 138 valence electrons. The molecule has 6 nitrogen and oxygen atoms in total. The van der Waals surface area contributed by atoms with Crippen LogP contribution in [0.3, 0.4) is 0 Å². The van der Waals surface area contributed by atoms with Crippen molar-refractivity contribution in [2.24, 2.45) is 5.41 Å². The van der Waals surface area contributed by atoms with E-state index < -0.39 is 40.1 Å². The van der Waals surface area contributed by atoms with Gasteiger partial charge in [0.05, 0.1) is 14.2 Å². The Balaban J connectivity index is 2.59. The minimum absolute atomic E-state index is 0.433. The smallest absolute Gasteiger partial charge is 0.374 e. The number of carbonyl (C=O) groups excluding carboxylic acids is 3. The van der Waals surface area contributed by atoms with Crippen LogP contribution in [0.1, 0.15) is 26.3 Å². The summed E-state index contributed by atoms with van der Waals surface area (Å²) in [6.45, 7) is 5.36. The SMILES string of the molecule is COC(=O)C1=C(C(=O)OC)C(=O)C(/C=C/c2ccccc2)(C(C)(C)C)[18O]1. The molecule has 0 fully saturated rings. The Morgan fingerprint density at radius 2 is 1.62 bits per heavy atom. The van der Waals surface area contributed by atoms with Crippen molar-refractivity contribution in [3.05, 3.63) is 53.3 Å². The van der Waals surface area contributed by atoms with Gasteiger partial charge in [0.25, 0.3) is 0 Å². The summed E-state index contributed by atoms with van der Waals surface area (Å²) in [6, 6.07) is 9.32. The van der Waals surface area contributed by atoms with Crippen LogP contribution >= 0.6 is 0 Å². The third kappa shape index (κ3) is 3.27. The number of ketones is 1. The Morgan fingerprint density at radius 3 is 2.12 bits per heavy atom. The molecule has 0 spiro atoms. The molecule has 0 aromatic heterocycles. The van der Waals surface area contributed by atoms with E-state index in [1.165, 1.54) is 0 Å². The first-order valence-electron chi connectivity index (χ1n) is 8.07. The molecule has 1 atom stereocenters. The second kappa shape index (κ2) is 7.15. The lowest BCUT2D eigenvalue weighted by molar-refractivity contribution is -0.146. The molecule has 1 heterocycles. The van der Waals surface area contributed by atoms with Gasteiger partial charge in [0, 0.05) is 5.41 Å². The zero-order chi connectivity index (χ0) is 19.5. The Labute approximate surface area is 152 Å². The fourth-order valence-corrected chi connectivity index (χ4v) is 2.70. The van der Waals surface area contributed by atoms with Gasteiger partial charge in [0.2, 0.25) is 11.5 Å². The van der Waals surface area contributed by atoms with Crippen LogP contribution in [-0.2, 0) is 28.6 Å². The Hall–Kier alpha value is -2.89. The molecular weight excluding hydrogens is 338 g/mol. The Bertz CT molecular complexity index is 782. The molecule has 2 rings (SSSR count). The summed E-state index contributed by atoms with van der Waals surface area (Å²) in [5.41, 5.74) is -1.90. The molecule has 0 saturated carbocycles. The van der Waals surface area contributed by atoms with E-state index in [0.29, 0.717) is 0 Å². The predicted molar refractivity (Wildman–Crippen MR) is 94.8 cm³/mol. The quantitative estimate of drug-likeness (QED) is 0.467. The number of carbonyl (C=O) groups is 3. The van der Waals surface area contributed by atoms with E-state index >= 15 is 0 Å². The molecule has 1 aliphatic rings. The number of esters is 2. The zero-order valence-electron chi connectivity index (χ0n) is 15.5. The highest BCUT2D eigenvalue weighted by Gasteiger charge is 2.58. The Morgan fingerprint density at radius 1 is 1.04 bits per heavy atom. The number of ether oxygens (including phenoxy) is 3. The van der Waals surface area contributed by atoms with Gasteiger partial charge in [-0.2, -0.15) is 0 Å². The van der Waals surface area contributed by atoms with Crippen molar-refractivity contribution < 1.29 is 28.6 Å². The van der Waals surface area contributed by atoms with Crippen LogP contribution in [0.5, 0.6) is 0 Å². The average molecular weight is 360 g/mol. The van der Waals surface area contributed by atoms with Crippen LogP contribution in [0.15, 0.2) is 47.7 Å². The highest BCUT2D eigenvalue weighted by molar-refractivity contribution is 6.26. The molecule has 0 amide bonds. The summed E-state index contributed by atoms with van der Waals surface area (Å²) < 4.78 is 15.1. The second-order valence-corrected chi connectivity index (χ2v) is 6.85. The number of Topliss-reactive ketones (excluding diaryl/α,β-unsaturated/α-hetero) is 1. The van der Waals surface area contributed by atoms with Gasteiger partial charge in [-0.1, -0.05) is 57.2 Å². The van der Waals surface area contributed by atoms with E-state index in [9.17, 15) is 14.4 Å². The van der Waals surface area contributed by atoms with Crippen molar-refractivity contribution in [1.82, 2.24) is 0 Å². The fourth-order valence-electron chi connectivity index (χ4n) is 2.70. The van der Waals surface area contributed by atoms with Gasteiger partial charge < -0.3 is 14.2 Å². The van der Waals surface area contributed by atoms with Gasteiger partial charge in [-0.05, 0) is 11.6 Å². The van der Waals surface area contributed by atoms with Crippen molar-refractivity contribution in [3.63, 3.8) is 0 Å². The molecular formula is C20H22O6. The van der Waals surface area contributed by atoms with E-state index in [-0.39, 0.29) is 0 Å². The monoisotopic (exact) mass is 360 g/mol. The molecule has 0 N–H and O–H groups in total. The van der Waals surface area contributed by atoms with E-state index in [0.717, 1.165) is 19.8 Å². The highest BCUT2D eigenvalue weighted by atomic mass is 18.3. The van der Waals surface area contributed by atoms with E-state index in [1.807, 2.05) is 30.3 Å². The van der Waals surface area contributed by atoms with Gasteiger partial charge in [-0.15, -0.1) is 0 Å². The van der Waals surface area contributed by atoms with E-state index in [2.05, 4.69) is 9.47 Å². The lowest BCUT2D eigenvalue weighted by Crippen LogP contribution is -2.48. The first kappa shape index (κ1) is 19.4. The third-order valence-corrected chi connectivity index (χ3v) is 4.24. The topological polar surface area (TPSA) is 78.9 Å². The van der Waals surface area contributed by atoms with Crippen molar-refractivity contribution in [2.75, 3.05) is 14.2 Å². The first-order chi connectivity index (χ1) is 12.2. The van der Waals surface area contributed by atoms with Gasteiger partial charge in [-0.25, -0.2) is 9.59 Å². The molecule has 6 heteroatoms. The molecule has 1 aromatic rings. The molecule has 1 aliphatic heterocycles. The maximum absolute atomic E-state index is 13.2. The normalized spacial score (nSPS) is 20.3. The van der Waals surface area contributed by atoms with Gasteiger partial charge >= 0.3 is 11.9 Å². The van der Waals surface area contributed by atoms with Gasteiger partial charge in [0.15, 0.2) is 11.2 Å². The number of methoxy groups -OCH3 is 2. The minimum atomic E-state index is -1.55. The van der Waals surface area contributed by atoms with Crippen LogP contribution in [0.2, 0.25) is 0 Å². The lowest BCUT2D eigenvalue weighted by atomic mass is 9.73. The van der Waals surface area contributed by atoms with Crippen molar-refractivity contribution in [1.29, 1.82) is 0 Å². The fraction of sp³-hybridized carbons (Fsp3) is 0.350. The highest BCUT2D eigenvalue weighted by Crippen LogP contribution is 2.45. The number of hydrogen-bond acceptors (Lipinski definition) is 6. The average Bonchev–Trinajstić information content (AvgIpc) is 2.93. The number of hydrogen-bond donors (Lipinski definition) is 0. The van der Waals surface area contributed by atoms with E-state index in [4.69, 9.17) is 4.74 Å². The maximum atomic E-state index is 13.2.